The number of rotatable bonds is 4. The van der Waals surface area contributed by atoms with Crippen LogP contribution in [0.3, 0.4) is 0 Å². The van der Waals surface area contributed by atoms with E-state index in [1.807, 2.05) is 0 Å². The van der Waals surface area contributed by atoms with Crippen LogP contribution >= 0.6 is 0 Å². The highest BCUT2D eigenvalue weighted by Crippen LogP contribution is 1.95. The van der Waals surface area contributed by atoms with Crippen LogP contribution in [-0.4, -0.2) is 27.7 Å². The van der Waals surface area contributed by atoms with Gasteiger partial charge in [0.25, 0.3) is 0 Å². The summed E-state index contributed by atoms with van der Waals surface area (Å²) >= 11 is 0. The van der Waals surface area contributed by atoms with Crippen molar-refractivity contribution in [3.63, 3.8) is 0 Å². The Morgan fingerprint density at radius 3 is 2.69 bits per heavy atom. The molecule has 0 spiro atoms. The molecule has 13 heavy (non-hydrogen) atoms. The van der Waals surface area contributed by atoms with Gasteiger partial charge in [0.2, 0.25) is 5.95 Å². The van der Waals surface area contributed by atoms with E-state index >= 15 is 0 Å². The molecule has 0 bridgehead atoms. The number of nitrogens with one attached hydrogen (secondary N) is 1. The Kier molecular flexibility index (Phi) is 3.60. The van der Waals surface area contributed by atoms with Crippen LogP contribution in [0.2, 0.25) is 0 Å². The van der Waals surface area contributed by atoms with E-state index in [1.54, 1.807) is 19.3 Å². The Bertz CT molecular complexity index is 247. The predicted octanol–water partition coefficient (Wildman–Crippen LogP) is -0.471. The van der Waals surface area contributed by atoms with E-state index in [1.165, 1.54) is 0 Å². The molecule has 1 rings (SSSR count). The number of aliphatic hydroxyl groups is 1. The van der Waals surface area contributed by atoms with Gasteiger partial charge in [-0.1, -0.05) is 0 Å². The molecule has 1 atom stereocenters. The number of hydrogen-bond acceptors (Lipinski definition) is 5. The molecular weight excluding hydrogens is 168 g/mol. The van der Waals surface area contributed by atoms with Crippen molar-refractivity contribution >= 4 is 5.95 Å². The number of aliphatic hydroxyl groups excluding tert-OH is 1. The third-order valence-corrected chi connectivity index (χ3v) is 1.49. The number of hydrogen-bond donors (Lipinski definition) is 3. The zero-order valence-electron chi connectivity index (χ0n) is 7.57. The second-order valence-electron chi connectivity index (χ2n) is 2.93. The number of anilines is 1. The van der Waals surface area contributed by atoms with Crippen LogP contribution in [0.15, 0.2) is 12.4 Å². The van der Waals surface area contributed by atoms with Crippen molar-refractivity contribution in [1.82, 2.24) is 15.3 Å². The molecule has 0 amide bonds. The normalized spacial score (nSPS) is 12.8. The zero-order chi connectivity index (χ0) is 9.68. The van der Waals surface area contributed by atoms with Crippen LogP contribution in [0, 0.1) is 0 Å². The van der Waals surface area contributed by atoms with Gasteiger partial charge in [-0.15, -0.1) is 0 Å². The zero-order valence-corrected chi connectivity index (χ0v) is 7.57. The molecule has 4 N–H and O–H groups in total. The molecule has 0 fully saturated rings. The van der Waals surface area contributed by atoms with Gasteiger partial charge in [0, 0.05) is 31.0 Å². The maximum atomic E-state index is 8.96. The molecule has 1 aromatic heterocycles. The van der Waals surface area contributed by atoms with Crippen LogP contribution in [0.5, 0.6) is 0 Å². The maximum Gasteiger partial charge on any atom is 0.219 e. The van der Waals surface area contributed by atoms with E-state index in [-0.39, 0.29) is 12.1 Å². The van der Waals surface area contributed by atoms with Crippen molar-refractivity contribution in [3.8, 4) is 0 Å². The smallest absolute Gasteiger partial charge is 0.219 e. The van der Waals surface area contributed by atoms with Crippen molar-refractivity contribution in [2.45, 2.75) is 19.6 Å². The minimum absolute atomic E-state index is 0.277. The first-order valence-corrected chi connectivity index (χ1v) is 4.13. The van der Waals surface area contributed by atoms with Crippen LogP contribution in [0.25, 0.3) is 0 Å². The lowest BCUT2D eigenvalue weighted by Crippen LogP contribution is -2.23. The first-order valence-electron chi connectivity index (χ1n) is 4.13. The number of nitrogens with two attached hydrogens (primary N) is 1. The summed E-state index contributed by atoms with van der Waals surface area (Å²) in [6.07, 6.45) is 2.99. The molecule has 1 heterocycles. The minimum Gasteiger partial charge on any atom is -0.392 e. The van der Waals surface area contributed by atoms with Crippen molar-refractivity contribution in [1.29, 1.82) is 0 Å². The second kappa shape index (κ2) is 4.74. The third kappa shape index (κ3) is 3.82. The predicted molar refractivity (Wildman–Crippen MR) is 49.8 cm³/mol. The Morgan fingerprint density at radius 2 is 2.15 bits per heavy atom. The van der Waals surface area contributed by atoms with Crippen LogP contribution in [-0.2, 0) is 6.54 Å². The van der Waals surface area contributed by atoms with Crippen LogP contribution in [0.4, 0.5) is 5.95 Å². The summed E-state index contributed by atoms with van der Waals surface area (Å²) in [5, 5.41) is 12.0. The highest BCUT2D eigenvalue weighted by molar-refractivity contribution is 5.16. The molecule has 0 aliphatic heterocycles. The summed E-state index contributed by atoms with van der Waals surface area (Å²) in [6, 6.07) is 0. The lowest BCUT2D eigenvalue weighted by atomic mass is 10.3. The molecule has 0 saturated carbocycles. The molecule has 5 heteroatoms. The number of nitrogen functional groups attached to an aromatic ring is 1. The van der Waals surface area contributed by atoms with Gasteiger partial charge in [0.15, 0.2) is 0 Å². The molecular formula is C8H14N4O. The molecule has 5 nitrogen and oxygen atoms in total. The summed E-state index contributed by atoms with van der Waals surface area (Å²) in [5.41, 5.74) is 6.27. The topological polar surface area (TPSA) is 84.1 Å². The Hall–Kier alpha value is -1.20. The lowest BCUT2D eigenvalue weighted by molar-refractivity contribution is 0.191. The highest BCUT2D eigenvalue weighted by Gasteiger charge is 1.96. The van der Waals surface area contributed by atoms with E-state index in [4.69, 9.17) is 10.8 Å². The molecule has 0 aliphatic carbocycles. The van der Waals surface area contributed by atoms with E-state index in [0.29, 0.717) is 13.1 Å². The Morgan fingerprint density at radius 1 is 1.54 bits per heavy atom. The van der Waals surface area contributed by atoms with E-state index in [9.17, 15) is 0 Å². The minimum atomic E-state index is -0.338. The van der Waals surface area contributed by atoms with Gasteiger partial charge in [0.05, 0.1) is 6.10 Å². The van der Waals surface area contributed by atoms with E-state index < -0.39 is 0 Å². The Labute approximate surface area is 77.0 Å². The molecule has 0 saturated heterocycles. The summed E-state index contributed by atoms with van der Waals surface area (Å²) in [6.45, 7) is 2.93. The number of aromatic nitrogens is 2. The monoisotopic (exact) mass is 182 g/mol. The van der Waals surface area contributed by atoms with E-state index in [2.05, 4.69) is 15.3 Å². The molecule has 0 aromatic carbocycles. The Balaban J connectivity index is 2.33. The summed E-state index contributed by atoms with van der Waals surface area (Å²) in [5.74, 6) is 0.277. The fraction of sp³-hybridized carbons (Fsp3) is 0.500. The second-order valence-corrected chi connectivity index (χ2v) is 2.93. The summed E-state index contributed by atoms with van der Waals surface area (Å²) in [7, 11) is 0. The first-order chi connectivity index (χ1) is 6.18. The molecule has 0 aliphatic rings. The molecule has 0 radical (unpaired) electrons. The average molecular weight is 182 g/mol. The summed E-state index contributed by atoms with van der Waals surface area (Å²) in [4.78, 5) is 7.68. The van der Waals surface area contributed by atoms with Gasteiger partial charge in [0.1, 0.15) is 0 Å². The SMILES string of the molecule is C[C@H](O)CNCc1cnc(N)nc1. The van der Waals surface area contributed by atoms with Crippen LogP contribution < -0.4 is 11.1 Å². The summed E-state index contributed by atoms with van der Waals surface area (Å²) < 4.78 is 0. The fourth-order valence-electron chi connectivity index (χ4n) is 0.881. The van der Waals surface area contributed by atoms with Gasteiger partial charge < -0.3 is 16.2 Å². The quantitative estimate of drug-likeness (QED) is 0.586. The largest absolute Gasteiger partial charge is 0.392 e. The van der Waals surface area contributed by atoms with Gasteiger partial charge in [-0.3, -0.25) is 0 Å². The van der Waals surface area contributed by atoms with E-state index in [0.717, 1.165) is 5.56 Å². The van der Waals surface area contributed by atoms with Crippen LogP contribution in [0.1, 0.15) is 12.5 Å². The van der Waals surface area contributed by atoms with Crippen molar-refractivity contribution in [3.05, 3.63) is 18.0 Å². The van der Waals surface area contributed by atoms with Gasteiger partial charge in [-0.05, 0) is 6.92 Å². The molecule has 72 valence electrons. The van der Waals surface area contributed by atoms with Gasteiger partial charge in [-0.2, -0.15) is 0 Å². The van der Waals surface area contributed by atoms with Crippen molar-refractivity contribution in [2.75, 3.05) is 12.3 Å². The van der Waals surface area contributed by atoms with Crippen molar-refractivity contribution in [2.24, 2.45) is 0 Å². The standard InChI is InChI=1S/C8H14N4O/c1-6(13)2-10-3-7-4-11-8(9)12-5-7/h4-6,10,13H,2-3H2,1H3,(H2,9,11,12)/t6-/m0/s1. The van der Waals surface area contributed by atoms with Crippen molar-refractivity contribution < 1.29 is 5.11 Å². The number of nitrogens with zero attached hydrogens (tertiary/aromatic N) is 2. The van der Waals surface area contributed by atoms with Gasteiger partial charge >= 0.3 is 0 Å². The highest BCUT2D eigenvalue weighted by atomic mass is 16.3. The molecule has 0 unspecified atom stereocenters. The lowest BCUT2D eigenvalue weighted by Gasteiger charge is -2.05. The fourth-order valence-corrected chi connectivity index (χ4v) is 0.881. The average Bonchev–Trinajstić information content (AvgIpc) is 2.08. The van der Waals surface area contributed by atoms with Gasteiger partial charge in [-0.25, -0.2) is 9.97 Å². The first kappa shape index (κ1) is 9.88. The molecule has 1 aromatic rings. The third-order valence-electron chi connectivity index (χ3n) is 1.49. The maximum absolute atomic E-state index is 8.96.